The number of anilines is 2. The third-order valence-corrected chi connectivity index (χ3v) is 7.23. The van der Waals surface area contributed by atoms with E-state index in [-0.39, 0.29) is 30.2 Å². The van der Waals surface area contributed by atoms with Crippen LogP contribution >= 0.6 is 0 Å². The lowest BCUT2D eigenvalue weighted by Crippen LogP contribution is -2.40. The van der Waals surface area contributed by atoms with E-state index in [0.717, 1.165) is 18.4 Å². The van der Waals surface area contributed by atoms with Gasteiger partial charge in [0.1, 0.15) is 47.4 Å². The molecule has 5 rings (SSSR count). The van der Waals surface area contributed by atoms with Gasteiger partial charge in [-0.1, -0.05) is 6.92 Å². The molecule has 4 heterocycles. The van der Waals surface area contributed by atoms with Crippen molar-refractivity contribution in [1.82, 2.24) is 14.9 Å². The lowest BCUT2D eigenvalue weighted by molar-refractivity contribution is 0.0574. The smallest absolute Gasteiger partial charge is 0.410 e. The van der Waals surface area contributed by atoms with Crippen LogP contribution in [0.15, 0.2) is 18.3 Å². The number of ether oxygens (including phenoxy) is 2. The Morgan fingerprint density at radius 2 is 2.19 bits per heavy atom. The average molecular weight is 505 g/mol. The molecule has 3 unspecified atom stereocenters. The Hall–Kier alpha value is -4.20. The molecule has 2 fully saturated rings. The molecule has 2 aliphatic heterocycles. The summed E-state index contributed by atoms with van der Waals surface area (Å²) in [5.41, 5.74) is 1.91. The van der Waals surface area contributed by atoms with Gasteiger partial charge in [0, 0.05) is 18.2 Å². The van der Waals surface area contributed by atoms with Crippen molar-refractivity contribution in [3.05, 3.63) is 40.7 Å². The fourth-order valence-electron chi connectivity index (χ4n) is 4.77. The van der Waals surface area contributed by atoms with E-state index in [1.165, 1.54) is 11.1 Å². The number of carbonyl (C=O) groups is 3. The van der Waals surface area contributed by atoms with Gasteiger partial charge in [0.2, 0.25) is 0 Å². The van der Waals surface area contributed by atoms with E-state index < -0.39 is 12.1 Å². The minimum absolute atomic E-state index is 0.0394. The van der Waals surface area contributed by atoms with Crippen LogP contribution in [-0.2, 0) is 17.7 Å². The van der Waals surface area contributed by atoms with Crippen molar-refractivity contribution in [2.24, 2.45) is 5.92 Å². The molecule has 0 radical (unpaired) electrons. The van der Waals surface area contributed by atoms with Crippen molar-refractivity contribution in [2.45, 2.75) is 58.2 Å². The first-order chi connectivity index (χ1) is 17.9. The molecule has 2 aromatic rings. The molecule has 2 aromatic heterocycles. The van der Waals surface area contributed by atoms with Crippen LogP contribution < -0.4 is 15.0 Å². The molecule has 0 aromatic carbocycles. The highest BCUT2D eigenvalue weighted by Gasteiger charge is 2.32. The zero-order valence-corrected chi connectivity index (χ0v) is 20.8. The minimum Gasteiger partial charge on any atom is -0.489 e. The fourth-order valence-corrected chi connectivity index (χ4v) is 4.77. The molecule has 0 bridgehead atoms. The summed E-state index contributed by atoms with van der Waals surface area (Å²) in [5.74, 6) is 1.46. The molecular formula is C26H28N6O5. The van der Waals surface area contributed by atoms with Crippen LogP contribution in [0.1, 0.15) is 60.3 Å². The Bertz CT molecular complexity index is 1290. The Balaban J connectivity index is 1.36. The predicted octanol–water partition coefficient (Wildman–Crippen LogP) is 3.66. The molecule has 0 spiro atoms. The van der Waals surface area contributed by atoms with Crippen LogP contribution in [0.4, 0.5) is 21.2 Å². The molecule has 192 valence electrons. The molecule has 1 saturated carbocycles. The first-order valence-electron chi connectivity index (χ1n) is 12.4. The zero-order chi connectivity index (χ0) is 26.1. The Morgan fingerprint density at radius 3 is 2.84 bits per heavy atom. The summed E-state index contributed by atoms with van der Waals surface area (Å²) in [6.45, 7) is 4.90. The maximum atomic E-state index is 13.3. The van der Waals surface area contributed by atoms with Crippen molar-refractivity contribution < 1.29 is 23.9 Å². The molecule has 3 amide bonds. The zero-order valence-electron chi connectivity index (χ0n) is 20.8. The van der Waals surface area contributed by atoms with Gasteiger partial charge in [-0.25, -0.2) is 19.6 Å². The van der Waals surface area contributed by atoms with Crippen molar-refractivity contribution in [3.8, 4) is 11.8 Å². The molecule has 1 aliphatic carbocycles. The number of aryl methyl sites for hydroxylation is 1. The normalized spacial score (nSPS) is 22.4. The topological polar surface area (TPSA) is 138 Å². The molecular weight excluding hydrogens is 476 g/mol. The second-order valence-corrected chi connectivity index (χ2v) is 9.76. The Morgan fingerprint density at radius 1 is 1.35 bits per heavy atom. The molecule has 3 atom stereocenters. The highest BCUT2D eigenvalue weighted by atomic mass is 16.6. The van der Waals surface area contributed by atoms with Gasteiger partial charge < -0.3 is 9.47 Å². The standard InChI is InChI=1S/C26H28N6O5/c1-15-5-6-21(15)37-22-9-23(28-11-19(22)10-27)30-25(34)31-7-3-4-17-8-18(20(13-33)29-24(17)31)12-32-16(2)14-36-26(32)35/h8-9,11,13,15-16,21H,3-7,12,14H2,1-2H3,(H,28,30,34). The monoisotopic (exact) mass is 504 g/mol. The number of nitrogens with one attached hydrogen (secondary N) is 1. The van der Waals surface area contributed by atoms with Crippen LogP contribution in [0.25, 0.3) is 0 Å². The van der Waals surface area contributed by atoms with E-state index in [1.54, 1.807) is 11.0 Å². The molecule has 11 nitrogen and oxygen atoms in total. The van der Waals surface area contributed by atoms with E-state index in [0.29, 0.717) is 60.9 Å². The van der Waals surface area contributed by atoms with Gasteiger partial charge >= 0.3 is 12.1 Å². The highest BCUT2D eigenvalue weighted by molar-refractivity contribution is 6.01. The molecule has 1 N–H and O–H groups in total. The lowest BCUT2D eigenvalue weighted by Gasteiger charge is -2.34. The average Bonchev–Trinajstić information content (AvgIpc) is 3.22. The third kappa shape index (κ3) is 4.79. The lowest BCUT2D eigenvalue weighted by atomic mass is 9.83. The number of aldehydes is 1. The number of nitriles is 1. The second-order valence-electron chi connectivity index (χ2n) is 9.76. The highest BCUT2D eigenvalue weighted by Crippen LogP contribution is 2.33. The summed E-state index contributed by atoms with van der Waals surface area (Å²) in [6.07, 6.45) is 5.03. The fraction of sp³-hybridized carbons (Fsp3) is 0.462. The molecule has 11 heteroatoms. The Kier molecular flexibility index (Phi) is 6.65. The van der Waals surface area contributed by atoms with Crippen molar-refractivity contribution in [3.63, 3.8) is 0 Å². The number of urea groups is 1. The number of fused-ring (bicyclic) bond motifs is 1. The van der Waals surface area contributed by atoms with E-state index in [9.17, 15) is 19.6 Å². The summed E-state index contributed by atoms with van der Waals surface area (Å²) in [7, 11) is 0. The third-order valence-electron chi connectivity index (χ3n) is 7.23. The van der Waals surface area contributed by atoms with E-state index >= 15 is 0 Å². The number of nitrogens with zero attached hydrogens (tertiary/aromatic N) is 5. The molecule has 1 saturated heterocycles. The second kappa shape index (κ2) is 10.0. The number of pyridine rings is 2. The number of aromatic nitrogens is 2. The van der Waals surface area contributed by atoms with Crippen molar-refractivity contribution >= 4 is 30.0 Å². The number of hydrogen-bond acceptors (Lipinski definition) is 8. The van der Waals surface area contributed by atoms with Crippen LogP contribution in [0.2, 0.25) is 0 Å². The Labute approximate surface area is 214 Å². The number of amides is 3. The van der Waals surface area contributed by atoms with Gasteiger partial charge in [-0.05, 0) is 50.2 Å². The van der Waals surface area contributed by atoms with E-state index in [4.69, 9.17) is 9.47 Å². The maximum Gasteiger partial charge on any atom is 0.410 e. The van der Waals surface area contributed by atoms with E-state index in [2.05, 4.69) is 28.3 Å². The maximum absolute atomic E-state index is 13.3. The number of rotatable bonds is 6. The van der Waals surface area contributed by atoms with Crippen molar-refractivity contribution in [1.29, 1.82) is 5.26 Å². The molecule has 3 aliphatic rings. The van der Waals surface area contributed by atoms with Crippen LogP contribution in [0.3, 0.4) is 0 Å². The van der Waals surface area contributed by atoms with Gasteiger partial charge in [0.25, 0.3) is 0 Å². The van der Waals surface area contributed by atoms with Gasteiger partial charge in [0.15, 0.2) is 6.29 Å². The van der Waals surface area contributed by atoms with Crippen molar-refractivity contribution in [2.75, 3.05) is 23.4 Å². The first kappa shape index (κ1) is 24.5. The SMILES string of the molecule is CC1CCC1Oc1cc(NC(=O)N2CCCc3cc(CN4C(=O)OCC4C)c(C=O)nc32)ncc1C#N. The number of cyclic esters (lactones) is 1. The number of carbonyl (C=O) groups excluding carboxylic acids is 3. The summed E-state index contributed by atoms with van der Waals surface area (Å²) >= 11 is 0. The molecule has 37 heavy (non-hydrogen) atoms. The minimum atomic E-state index is -0.449. The summed E-state index contributed by atoms with van der Waals surface area (Å²) in [4.78, 5) is 49.0. The van der Waals surface area contributed by atoms with Gasteiger partial charge in [-0.2, -0.15) is 5.26 Å². The summed E-state index contributed by atoms with van der Waals surface area (Å²) < 4.78 is 11.1. The first-order valence-corrected chi connectivity index (χ1v) is 12.4. The van der Waals surface area contributed by atoms with Crippen LogP contribution in [0.5, 0.6) is 5.75 Å². The van der Waals surface area contributed by atoms with Crippen LogP contribution in [0, 0.1) is 17.2 Å². The van der Waals surface area contributed by atoms with Gasteiger partial charge in [-0.15, -0.1) is 0 Å². The summed E-state index contributed by atoms with van der Waals surface area (Å²) in [6, 6.07) is 4.94. The van der Waals surface area contributed by atoms with Gasteiger partial charge in [-0.3, -0.25) is 19.9 Å². The summed E-state index contributed by atoms with van der Waals surface area (Å²) in [5, 5.41) is 12.2. The predicted molar refractivity (Wildman–Crippen MR) is 132 cm³/mol. The van der Waals surface area contributed by atoms with Crippen LogP contribution in [-0.4, -0.2) is 58.6 Å². The number of hydrogen-bond donors (Lipinski definition) is 1. The largest absolute Gasteiger partial charge is 0.489 e. The van der Waals surface area contributed by atoms with E-state index in [1.807, 2.05) is 13.0 Å². The van der Waals surface area contributed by atoms with Gasteiger partial charge in [0.05, 0.1) is 18.8 Å². The quantitative estimate of drug-likeness (QED) is 0.588.